The molecule has 1 aliphatic carbocycles. The second kappa shape index (κ2) is 3.96. The van der Waals surface area contributed by atoms with E-state index < -0.39 is 11.5 Å². The van der Waals surface area contributed by atoms with Crippen LogP contribution >= 0.6 is 0 Å². The Hall–Kier alpha value is -1.10. The standard InChI is InChI=1S/C9H15NO4/c1-6(5-14-2)7(11)10-9(3-4-9)8(12)13/h6H,3-5H2,1-2H3,(H,10,11)(H,12,13). The first kappa shape index (κ1) is 11.0. The third-order valence-corrected chi connectivity index (χ3v) is 2.39. The van der Waals surface area contributed by atoms with Crippen molar-refractivity contribution in [1.29, 1.82) is 0 Å². The van der Waals surface area contributed by atoms with Crippen LogP contribution in [0.15, 0.2) is 0 Å². The van der Waals surface area contributed by atoms with Crippen molar-refractivity contribution in [2.24, 2.45) is 5.92 Å². The SMILES string of the molecule is COCC(C)C(=O)NC1(C(=O)O)CC1. The Kier molecular flexibility index (Phi) is 3.10. The number of nitrogens with one attached hydrogen (secondary N) is 1. The van der Waals surface area contributed by atoms with E-state index in [1.54, 1.807) is 6.92 Å². The highest BCUT2D eigenvalue weighted by Gasteiger charge is 2.51. The molecule has 1 saturated carbocycles. The number of carboxylic acids is 1. The van der Waals surface area contributed by atoms with Crippen LogP contribution < -0.4 is 5.32 Å². The molecule has 0 aromatic heterocycles. The van der Waals surface area contributed by atoms with Crippen LogP contribution in [-0.4, -0.2) is 36.2 Å². The molecule has 1 amide bonds. The van der Waals surface area contributed by atoms with Gasteiger partial charge in [-0.05, 0) is 12.8 Å². The average molecular weight is 201 g/mol. The second-order valence-electron chi connectivity index (χ2n) is 3.73. The number of hydrogen-bond acceptors (Lipinski definition) is 3. The molecule has 5 heteroatoms. The van der Waals surface area contributed by atoms with Gasteiger partial charge in [-0.1, -0.05) is 6.92 Å². The summed E-state index contributed by atoms with van der Waals surface area (Å²) in [4.78, 5) is 22.2. The molecule has 1 rings (SSSR count). The Morgan fingerprint density at radius 3 is 2.50 bits per heavy atom. The van der Waals surface area contributed by atoms with E-state index in [1.807, 2.05) is 0 Å². The van der Waals surface area contributed by atoms with Crippen LogP contribution in [0.2, 0.25) is 0 Å². The van der Waals surface area contributed by atoms with E-state index in [0.717, 1.165) is 0 Å². The lowest BCUT2D eigenvalue weighted by Gasteiger charge is -2.16. The van der Waals surface area contributed by atoms with Crippen LogP contribution in [-0.2, 0) is 14.3 Å². The zero-order valence-electron chi connectivity index (χ0n) is 8.37. The van der Waals surface area contributed by atoms with E-state index in [0.29, 0.717) is 19.4 Å². The van der Waals surface area contributed by atoms with Gasteiger partial charge in [0, 0.05) is 7.11 Å². The number of amides is 1. The molecule has 0 aromatic carbocycles. The summed E-state index contributed by atoms with van der Waals surface area (Å²) < 4.78 is 4.81. The molecule has 14 heavy (non-hydrogen) atoms. The predicted octanol–water partition coefficient (Wildman–Crippen LogP) is 0.00230. The number of carbonyl (C=O) groups is 2. The third-order valence-electron chi connectivity index (χ3n) is 2.39. The van der Waals surface area contributed by atoms with Gasteiger partial charge in [0.05, 0.1) is 12.5 Å². The maximum absolute atomic E-state index is 11.4. The molecule has 1 aliphatic rings. The van der Waals surface area contributed by atoms with Crippen molar-refractivity contribution in [1.82, 2.24) is 5.32 Å². The van der Waals surface area contributed by atoms with Crippen molar-refractivity contribution >= 4 is 11.9 Å². The van der Waals surface area contributed by atoms with Crippen LogP contribution in [0.1, 0.15) is 19.8 Å². The molecule has 0 spiro atoms. The zero-order valence-corrected chi connectivity index (χ0v) is 8.37. The number of carbonyl (C=O) groups excluding carboxylic acids is 1. The minimum Gasteiger partial charge on any atom is -0.480 e. The summed E-state index contributed by atoms with van der Waals surface area (Å²) in [7, 11) is 1.51. The minimum atomic E-state index is -0.987. The maximum Gasteiger partial charge on any atom is 0.329 e. The summed E-state index contributed by atoms with van der Waals surface area (Å²) >= 11 is 0. The summed E-state index contributed by atoms with van der Waals surface area (Å²) in [5, 5.41) is 11.4. The number of aliphatic carboxylic acids is 1. The first-order chi connectivity index (χ1) is 6.52. The molecule has 0 radical (unpaired) electrons. The molecule has 0 aliphatic heterocycles. The Balaban J connectivity index is 2.44. The smallest absolute Gasteiger partial charge is 0.329 e. The Labute approximate surface area is 82.4 Å². The second-order valence-corrected chi connectivity index (χ2v) is 3.73. The molecule has 80 valence electrons. The van der Waals surface area contributed by atoms with Gasteiger partial charge in [-0.15, -0.1) is 0 Å². The molecule has 1 fully saturated rings. The molecular weight excluding hydrogens is 186 g/mol. The average Bonchev–Trinajstić information content (AvgIpc) is 2.86. The van der Waals surface area contributed by atoms with Crippen molar-refractivity contribution in [3.8, 4) is 0 Å². The van der Waals surface area contributed by atoms with Crippen molar-refractivity contribution in [3.05, 3.63) is 0 Å². The predicted molar refractivity (Wildman–Crippen MR) is 48.8 cm³/mol. The van der Waals surface area contributed by atoms with Gasteiger partial charge in [-0.3, -0.25) is 4.79 Å². The van der Waals surface area contributed by atoms with Gasteiger partial charge in [0.25, 0.3) is 0 Å². The number of ether oxygens (including phenoxy) is 1. The quantitative estimate of drug-likeness (QED) is 0.656. The fourth-order valence-electron chi connectivity index (χ4n) is 1.20. The third kappa shape index (κ3) is 2.23. The molecule has 0 bridgehead atoms. The number of carboxylic acid groups (broad SMARTS) is 1. The fraction of sp³-hybridized carbons (Fsp3) is 0.778. The van der Waals surface area contributed by atoms with Crippen molar-refractivity contribution < 1.29 is 19.4 Å². The van der Waals surface area contributed by atoms with E-state index >= 15 is 0 Å². The minimum absolute atomic E-state index is 0.258. The Morgan fingerprint density at radius 2 is 2.14 bits per heavy atom. The van der Waals surface area contributed by atoms with Gasteiger partial charge >= 0.3 is 5.97 Å². The largest absolute Gasteiger partial charge is 0.480 e. The monoisotopic (exact) mass is 201 g/mol. The van der Waals surface area contributed by atoms with Crippen LogP contribution in [0.4, 0.5) is 0 Å². The molecule has 2 N–H and O–H groups in total. The van der Waals surface area contributed by atoms with Gasteiger partial charge in [-0.2, -0.15) is 0 Å². The maximum atomic E-state index is 11.4. The molecular formula is C9H15NO4. The molecule has 5 nitrogen and oxygen atoms in total. The van der Waals surface area contributed by atoms with Crippen molar-refractivity contribution in [2.45, 2.75) is 25.3 Å². The summed E-state index contributed by atoms with van der Waals surface area (Å²) in [6, 6.07) is 0. The van der Waals surface area contributed by atoms with Crippen LogP contribution in [0.5, 0.6) is 0 Å². The topological polar surface area (TPSA) is 75.6 Å². The summed E-state index contributed by atoms with van der Waals surface area (Å²) in [5.74, 6) is -1.51. The molecule has 1 atom stereocenters. The lowest BCUT2D eigenvalue weighted by atomic mass is 10.1. The van der Waals surface area contributed by atoms with E-state index in [2.05, 4.69) is 5.32 Å². The number of methoxy groups -OCH3 is 1. The van der Waals surface area contributed by atoms with Gasteiger partial charge in [-0.25, -0.2) is 4.79 Å². The number of hydrogen-bond donors (Lipinski definition) is 2. The molecule has 0 aromatic rings. The van der Waals surface area contributed by atoms with Crippen LogP contribution in [0.3, 0.4) is 0 Å². The fourth-order valence-corrected chi connectivity index (χ4v) is 1.20. The van der Waals surface area contributed by atoms with Gasteiger partial charge in [0.1, 0.15) is 5.54 Å². The van der Waals surface area contributed by atoms with Crippen molar-refractivity contribution in [3.63, 3.8) is 0 Å². The van der Waals surface area contributed by atoms with Crippen LogP contribution in [0.25, 0.3) is 0 Å². The highest BCUT2D eigenvalue weighted by atomic mass is 16.5. The highest BCUT2D eigenvalue weighted by molar-refractivity contribution is 5.90. The highest BCUT2D eigenvalue weighted by Crippen LogP contribution is 2.35. The van der Waals surface area contributed by atoms with E-state index in [1.165, 1.54) is 7.11 Å². The van der Waals surface area contributed by atoms with E-state index in [4.69, 9.17) is 9.84 Å². The first-order valence-corrected chi connectivity index (χ1v) is 4.56. The van der Waals surface area contributed by atoms with Gasteiger partial charge in [0.2, 0.25) is 5.91 Å². The van der Waals surface area contributed by atoms with E-state index in [-0.39, 0.29) is 11.8 Å². The van der Waals surface area contributed by atoms with E-state index in [9.17, 15) is 9.59 Å². The Morgan fingerprint density at radius 1 is 1.57 bits per heavy atom. The first-order valence-electron chi connectivity index (χ1n) is 4.56. The van der Waals surface area contributed by atoms with Gasteiger partial charge in [0.15, 0.2) is 0 Å². The lowest BCUT2D eigenvalue weighted by Crippen LogP contribution is -2.45. The molecule has 1 unspecified atom stereocenters. The summed E-state index contributed by atoms with van der Waals surface area (Å²) in [6.07, 6.45) is 1.04. The summed E-state index contributed by atoms with van der Waals surface area (Å²) in [6.45, 7) is 2.01. The van der Waals surface area contributed by atoms with Crippen molar-refractivity contribution in [2.75, 3.05) is 13.7 Å². The van der Waals surface area contributed by atoms with Crippen LogP contribution in [0, 0.1) is 5.92 Å². The lowest BCUT2D eigenvalue weighted by molar-refractivity contribution is -0.144. The summed E-state index contributed by atoms with van der Waals surface area (Å²) in [5.41, 5.74) is -0.987. The number of rotatable bonds is 5. The molecule has 0 saturated heterocycles. The Bertz CT molecular complexity index is 247. The normalized spacial score (nSPS) is 19.9. The zero-order chi connectivity index (χ0) is 10.8. The molecule has 0 heterocycles. The van der Waals surface area contributed by atoms with Gasteiger partial charge < -0.3 is 15.2 Å².